The van der Waals surface area contributed by atoms with Crippen LogP contribution in [0.4, 0.5) is 34.1 Å². The number of nitriles is 2. The first kappa shape index (κ1) is 37.6. The molecule has 0 spiro atoms. The molecule has 1 heterocycles. The first-order valence-corrected chi connectivity index (χ1v) is 21.6. The molecule has 302 valence electrons. The van der Waals surface area contributed by atoms with Gasteiger partial charge in [-0.25, -0.2) is 0 Å². The van der Waals surface area contributed by atoms with Gasteiger partial charge >= 0.3 is 0 Å². The summed E-state index contributed by atoms with van der Waals surface area (Å²) < 4.78 is 6.75. The van der Waals surface area contributed by atoms with Crippen LogP contribution in [0, 0.1) is 22.7 Å². The van der Waals surface area contributed by atoms with Crippen molar-refractivity contribution in [3.63, 3.8) is 0 Å². The van der Waals surface area contributed by atoms with Gasteiger partial charge in [0.05, 0.1) is 40.3 Å². The van der Waals surface area contributed by atoms with E-state index < -0.39 is 0 Å². The molecule has 0 radical (unpaired) electrons. The van der Waals surface area contributed by atoms with Crippen molar-refractivity contribution in [1.82, 2.24) is 0 Å². The summed E-state index contributed by atoms with van der Waals surface area (Å²) in [6.07, 6.45) is 0. The van der Waals surface area contributed by atoms with Crippen molar-refractivity contribution in [2.45, 2.75) is 0 Å². The molecular weight excluding hydrogens is 793 g/mol. The van der Waals surface area contributed by atoms with E-state index in [-0.39, 0.29) is 0 Å². The molecule has 11 aromatic carbocycles. The van der Waals surface area contributed by atoms with E-state index in [9.17, 15) is 10.5 Å². The Morgan fingerprint density at radius 3 is 1.42 bits per heavy atom. The second-order valence-electron chi connectivity index (χ2n) is 16.3. The fraction of sp³-hybridized carbons (Fsp3) is 0. The van der Waals surface area contributed by atoms with Gasteiger partial charge in [0.2, 0.25) is 0 Å². The van der Waals surface area contributed by atoms with Crippen LogP contribution in [0.1, 0.15) is 11.1 Å². The molecule has 0 unspecified atom stereocenters. The maximum Gasteiger partial charge on any atom is 0.159 e. The SMILES string of the molecule is N#Cc1cc(-c2ccccc2)cc(N(c2ccccc2)c2ccc3ccc4c(N(c5cc(C#N)cc(-c6ccccc6)c5)c5cccc6c5oc5ccccc56)ccc5ccc2c3c54)c1. The van der Waals surface area contributed by atoms with Crippen LogP contribution in [-0.2, 0) is 0 Å². The van der Waals surface area contributed by atoms with Crippen LogP contribution < -0.4 is 9.80 Å². The lowest BCUT2D eigenvalue weighted by Gasteiger charge is -2.30. The molecule has 0 saturated carbocycles. The Hall–Kier alpha value is -9.16. The van der Waals surface area contributed by atoms with Crippen molar-refractivity contribution in [1.29, 1.82) is 10.5 Å². The molecule has 12 rings (SSSR count). The van der Waals surface area contributed by atoms with Crippen LogP contribution in [0.5, 0.6) is 0 Å². The second-order valence-corrected chi connectivity index (χ2v) is 16.3. The van der Waals surface area contributed by atoms with E-state index in [4.69, 9.17) is 4.42 Å². The van der Waals surface area contributed by atoms with Crippen molar-refractivity contribution < 1.29 is 4.42 Å². The van der Waals surface area contributed by atoms with Crippen LogP contribution in [-0.4, -0.2) is 0 Å². The van der Waals surface area contributed by atoms with Crippen LogP contribution in [0.15, 0.2) is 223 Å². The summed E-state index contributed by atoms with van der Waals surface area (Å²) in [6.45, 7) is 0. The molecule has 0 amide bonds. The number of fused-ring (bicyclic) bond motifs is 3. The maximum atomic E-state index is 10.5. The molecule has 5 heteroatoms. The van der Waals surface area contributed by atoms with Gasteiger partial charge in [-0.15, -0.1) is 0 Å². The largest absolute Gasteiger partial charge is 0.454 e. The highest BCUT2D eigenvalue weighted by Gasteiger charge is 2.25. The van der Waals surface area contributed by atoms with E-state index >= 15 is 0 Å². The zero-order chi connectivity index (χ0) is 43.4. The van der Waals surface area contributed by atoms with Crippen LogP contribution in [0.25, 0.3) is 76.5 Å². The van der Waals surface area contributed by atoms with E-state index in [0.29, 0.717) is 11.1 Å². The number of para-hydroxylation sites is 3. The number of benzene rings is 11. The van der Waals surface area contributed by atoms with Gasteiger partial charge in [0.25, 0.3) is 0 Å². The Labute approximate surface area is 375 Å². The monoisotopic (exact) mass is 828 g/mol. The Kier molecular flexibility index (Phi) is 8.86. The Morgan fingerprint density at radius 1 is 0.338 bits per heavy atom. The summed E-state index contributed by atoms with van der Waals surface area (Å²) in [6, 6.07) is 80.1. The fourth-order valence-corrected chi connectivity index (χ4v) is 9.69. The van der Waals surface area contributed by atoms with Crippen molar-refractivity contribution in [2.75, 3.05) is 9.80 Å². The van der Waals surface area contributed by atoms with Gasteiger partial charge in [0.1, 0.15) is 5.58 Å². The zero-order valence-corrected chi connectivity index (χ0v) is 35.0. The zero-order valence-electron chi connectivity index (χ0n) is 35.0. The minimum atomic E-state index is 0.558. The fourth-order valence-electron chi connectivity index (χ4n) is 9.69. The smallest absolute Gasteiger partial charge is 0.159 e. The quantitative estimate of drug-likeness (QED) is 0.143. The lowest BCUT2D eigenvalue weighted by atomic mass is 9.91. The summed E-state index contributed by atoms with van der Waals surface area (Å²) in [5.74, 6) is 0. The van der Waals surface area contributed by atoms with Crippen molar-refractivity contribution in [2.24, 2.45) is 0 Å². The summed E-state index contributed by atoms with van der Waals surface area (Å²) in [5.41, 5.74) is 12.2. The van der Waals surface area contributed by atoms with Gasteiger partial charge in [-0.1, -0.05) is 146 Å². The molecule has 5 nitrogen and oxygen atoms in total. The minimum absolute atomic E-state index is 0.558. The third-order valence-corrected chi connectivity index (χ3v) is 12.6. The van der Waals surface area contributed by atoms with Gasteiger partial charge in [0.15, 0.2) is 5.58 Å². The molecule has 65 heavy (non-hydrogen) atoms. The Bertz CT molecular complexity index is 3860. The average molecular weight is 829 g/mol. The summed E-state index contributed by atoms with van der Waals surface area (Å²) >= 11 is 0. The highest BCUT2D eigenvalue weighted by Crippen LogP contribution is 2.50. The lowest BCUT2D eigenvalue weighted by Crippen LogP contribution is -2.12. The molecule has 0 aliphatic heterocycles. The molecule has 1 aromatic heterocycles. The normalized spacial score (nSPS) is 11.4. The van der Waals surface area contributed by atoms with Crippen LogP contribution in [0.2, 0.25) is 0 Å². The predicted octanol–water partition coefficient (Wildman–Crippen LogP) is 16.5. The van der Waals surface area contributed by atoms with Gasteiger partial charge in [-0.2, -0.15) is 10.5 Å². The lowest BCUT2D eigenvalue weighted by molar-refractivity contribution is 0.669. The molecular formula is C60H36N4O. The van der Waals surface area contributed by atoms with Crippen LogP contribution >= 0.6 is 0 Å². The third-order valence-electron chi connectivity index (χ3n) is 12.6. The number of rotatable bonds is 8. The number of anilines is 6. The molecule has 0 atom stereocenters. The number of nitrogens with zero attached hydrogens (tertiary/aromatic N) is 4. The van der Waals surface area contributed by atoms with E-state index in [1.165, 1.54) is 0 Å². The molecule has 12 aromatic rings. The maximum absolute atomic E-state index is 10.5. The standard InChI is InChI=1S/C60H36N4O/c61-37-39-31-45(41-13-4-1-5-14-41)35-48(33-39)63(47-17-8-3-9-18-47)54-29-25-43-24-28-53-55(30-26-44-23-27-52(54)58(43)59(44)53)64(49-34-40(38-62)32-46(36-49)42-15-6-2-7-16-42)56-21-12-20-51-50-19-10-11-22-57(50)65-60(51)56/h1-36H. The number of hydrogen-bond acceptors (Lipinski definition) is 5. The van der Waals surface area contributed by atoms with E-state index in [0.717, 1.165) is 111 Å². The van der Waals surface area contributed by atoms with Crippen molar-refractivity contribution >= 4 is 88.4 Å². The van der Waals surface area contributed by atoms with E-state index in [2.05, 4.69) is 155 Å². The third kappa shape index (κ3) is 6.30. The van der Waals surface area contributed by atoms with E-state index in [1.54, 1.807) is 0 Å². The predicted molar refractivity (Wildman–Crippen MR) is 267 cm³/mol. The van der Waals surface area contributed by atoms with E-state index in [1.807, 2.05) is 84.9 Å². The topological polar surface area (TPSA) is 67.2 Å². The Balaban J connectivity index is 1.13. The molecule has 0 aliphatic rings. The van der Waals surface area contributed by atoms with Gasteiger partial charge in [0, 0.05) is 38.6 Å². The molecule has 0 bridgehead atoms. The number of furan rings is 1. The minimum Gasteiger partial charge on any atom is -0.454 e. The van der Waals surface area contributed by atoms with Crippen molar-refractivity contribution in [3.05, 3.63) is 230 Å². The molecule has 0 fully saturated rings. The molecule has 0 saturated heterocycles. The van der Waals surface area contributed by atoms with Crippen molar-refractivity contribution in [3.8, 4) is 34.4 Å². The summed E-state index contributed by atoms with van der Waals surface area (Å²) in [4.78, 5) is 4.53. The highest BCUT2D eigenvalue weighted by atomic mass is 16.3. The average Bonchev–Trinajstić information content (AvgIpc) is 3.76. The van der Waals surface area contributed by atoms with Gasteiger partial charge in [-0.3, -0.25) is 0 Å². The second kappa shape index (κ2) is 15.3. The van der Waals surface area contributed by atoms with Gasteiger partial charge in [-0.05, 0) is 117 Å². The molecule has 0 N–H and O–H groups in total. The Morgan fingerprint density at radius 2 is 0.831 bits per heavy atom. The first-order valence-electron chi connectivity index (χ1n) is 21.6. The first-order chi connectivity index (χ1) is 32.1. The summed E-state index contributed by atoms with van der Waals surface area (Å²) in [5, 5.41) is 29.6. The van der Waals surface area contributed by atoms with Gasteiger partial charge < -0.3 is 14.2 Å². The number of hydrogen-bond donors (Lipinski definition) is 0. The highest BCUT2D eigenvalue weighted by molar-refractivity contribution is 6.28. The van der Waals surface area contributed by atoms with Crippen LogP contribution in [0.3, 0.4) is 0 Å². The summed E-state index contributed by atoms with van der Waals surface area (Å²) in [7, 11) is 0. The molecule has 0 aliphatic carbocycles.